The van der Waals surface area contributed by atoms with E-state index in [2.05, 4.69) is 47.7 Å². The van der Waals surface area contributed by atoms with Gasteiger partial charge in [-0.2, -0.15) is 5.10 Å². The monoisotopic (exact) mass is 365 g/mol. The van der Waals surface area contributed by atoms with Gasteiger partial charge in [-0.05, 0) is 40.3 Å². The first kappa shape index (κ1) is 13.4. The average Bonchev–Trinajstić information content (AvgIpc) is 2.24. The number of phenolic OH excluding ortho intramolecular Hbond substituents is 1. The Balaban J connectivity index is 2.85. The smallest absolute Gasteiger partial charge is 0.186 e. The second-order valence-electron chi connectivity index (χ2n) is 2.77. The molecule has 0 unspecified atom stereocenters. The summed E-state index contributed by atoms with van der Waals surface area (Å²) in [5.74, 6) is 0.129. The van der Waals surface area contributed by atoms with Crippen LogP contribution in [-0.2, 0) is 0 Å². The predicted molar refractivity (Wildman–Crippen MR) is 75.9 cm³/mol. The zero-order valence-electron chi connectivity index (χ0n) is 8.29. The largest absolute Gasteiger partial charge is 0.506 e. The first-order valence-corrected chi connectivity index (χ1v) is 6.23. The highest BCUT2D eigenvalue weighted by atomic mass is 79.9. The highest BCUT2D eigenvalue weighted by Gasteiger charge is 2.04. The minimum absolute atomic E-state index is 0.129. The number of nitrogens with one attached hydrogen (secondary N) is 2. The summed E-state index contributed by atoms with van der Waals surface area (Å²) >= 11 is 11.4. The lowest BCUT2D eigenvalue weighted by atomic mass is 10.2. The average molecular weight is 367 g/mol. The van der Waals surface area contributed by atoms with Gasteiger partial charge in [0.15, 0.2) is 5.11 Å². The van der Waals surface area contributed by atoms with Gasteiger partial charge < -0.3 is 10.4 Å². The number of hydrogen-bond acceptors (Lipinski definition) is 3. The van der Waals surface area contributed by atoms with Crippen molar-refractivity contribution in [3.63, 3.8) is 0 Å². The summed E-state index contributed by atoms with van der Waals surface area (Å²) in [6, 6.07) is 3.49. The maximum Gasteiger partial charge on any atom is 0.186 e. The second kappa shape index (κ2) is 6.17. The quantitative estimate of drug-likeness (QED) is 0.427. The molecule has 16 heavy (non-hydrogen) atoms. The van der Waals surface area contributed by atoms with Crippen LogP contribution in [-0.4, -0.2) is 23.5 Å². The molecule has 0 fully saturated rings. The number of thiocarbonyl (C=S) groups is 1. The number of hydrazone groups is 1. The first-order chi connectivity index (χ1) is 7.54. The van der Waals surface area contributed by atoms with Crippen LogP contribution in [0.2, 0.25) is 0 Å². The molecule has 0 aliphatic rings. The van der Waals surface area contributed by atoms with Crippen molar-refractivity contribution in [1.82, 2.24) is 10.7 Å². The van der Waals surface area contributed by atoms with E-state index in [1.807, 2.05) is 0 Å². The summed E-state index contributed by atoms with van der Waals surface area (Å²) in [7, 11) is 1.69. The lowest BCUT2D eigenvalue weighted by Crippen LogP contribution is -2.28. The second-order valence-corrected chi connectivity index (χ2v) is 4.95. The molecule has 1 rings (SSSR count). The van der Waals surface area contributed by atoms with Crippen LogP contribution in [0.3, 0.4) is 0 Å². The third kappa shape index (κ3) is 3.73. The highest BCUT2D eigenvalue weighted by Crippen LogP contribution is 2.30. The van der Waals surface area contributed by atoms with E-state index in [-0.39, 0.29) is 5.75 Å². The SMILES string of the molecule is CNC(=S)N/N=C/c1cc(Br)cc(Br)c1O. The van der Waals surface area contributed by atoms with E-state index in [1.165, 1.54) is 6.21 Å². The Morgan fingerprint density at radius 1 is 1.50 bits per heavy atom. The molecule has 0 spiro atoms. The van der Waals surface area contributed by atoms with Gasteiger partial charge in [-0.1, -0.05) is 15.9 Å². The Morgan fingerprint density at radius 3 is 2.81 bits per heavy atom. The van der Waals surface area contributed by atoms with Crippen molar-refractivity contribution in [2.24, 2.45) is 5.10 Å². The van der Waals surface area contributed by atoms with Gasteiger partial charge in [0.05, 0.1) is 10.7 Å². The lowest BCUT2D eigenvalue weighted by molar-refractivity contribution is 0.471. The molecule has 4 nitrogen and oxygen atoms in total. The molecule has 0 atom stereocenters. The summed E-state index contributed by atoms with van der Waals surface area (Å²) in [6.45, 7) is 0. The molecule has 1 aromatic carbocycles. The summed E-state index contributed by atoms with van der Waals surface area (Å²) in [5, 5.41) is 16.7. The zero-order chi connectivity index (χ0) is 12.1. The molecule has 1 aromatic rings. The minimum Gasteiger partial charge on any atom is -0.506 e. The van der Waals surface area contributed by atoms with E-state index in [0.29, 0.717) is 15.1 Å². The Morgan fingerprint density at radius 2 is 2.19 bits per heavy atom. The number of nitrogens with zero attached hydrogens (tertiary/aromatic N) is 1. The standard InChI is InChI=1S/C9H9Br2N3OS/c1-12-9(16)14-13-4-5-2-6(10)3-7(11)8(5)15/h2-4,15H,1H3,(H2,12,14,16)/b13-4+. The number of aromatic hydroxyl groups is 1. The van der Waals surface area contributed by atoms with Crippen molar-refractivity contribution in [3.05, 3.63) is 26.6 Å². The number of benzene rings is 1. The highest BCUT2D eigenvalue weighted by molar-refractivity contribution is 9.11. The van der Waals surface area contributed by atoms with Crippen LogP contribution in [0.15, 0.2) is 26.2 Å². The maximum absolute atomic E-state index is 9.71. The van der Waals surface area contributed by atoms with Crippen molar-refractivity contribution < 1.29 is 5.11 Å². The summed E-state index contributed by atoms with van der Waals surface area (Å²) < 4.78 is 1.44. The molecule has 3 N–H and O–H groups in total. The van der Waals surface area contributed by atoms with Crippen molar-refractivity contribution in [2.45, 2.75) is 0 Å². The van der Waals surface area contributed by atoms with Gasteiger partial charge in [-0.3, -0.25) is 5.43 Å². The summed E-state index contributed by atoms with van der Waals surface area (Å²) in [6.07, 6.45) is 1.48. The molecule has 86 valence electrons. The number of halogens is 2. The van der Waals surface area contributed by atoms with Crippen molar-refractivity contribution in [1.29, 1.82) is 0 Å². The fourth-order valence-corrected chi connectivity index (χ4v) is 2.21. The Labute approximate surface area is 115 Å². The van der Waals surface area contributed by atoms with E-state index in [1.54, 1.807) is 19.2 Å². The molecule has 7 heteroatoms. The van der Waals surface area contributed by atoms with Crippen LogP contribution >= 0.6 is 44.1 Å². The summed E-state index contributed by atoms with van der Waals surface area (Å²) in [5.41, 5.74) is 3.17. The third-order valence-corrected chi connectivity index (χ3v) is 3.01. The number of rotatable bonds is 2. The van der Waals surface area contributed by atoms with E-state index >= 15 is 0 Å². The van der Waals surface area contributed by atoms with Gasteiger partial charge in [0, 0.05) is 17.1 Å². The van der Waals surface area contributed by atoms with Crippen molar-refractivity contribution >= 4 is 55.4 Å². The van der Waals surface area contributed by atoms with Gasteiger partial charge in [0.25, 0.3) is 0 Å². The number of phenols is 1. The molecule has 0 heterocycles. The van der Waals surface area contributed by atoms with E-state index in [9.17, 15) is 5.11 Å². The molecule has 0 radical (unpaired) electrons. The molecular formula is C9H9Br2N3OS. The van der Waals surface area contributed by atoms with Crippen molar-refractivity contribution in [3.8, 4) is 5.75 Å². The van der Waals surface area contributed by atoms with E-state index in [0.717, 1.165) is 4.47 Å². The molecule has 0 aromatic heterocycles. The Bertz CT molecular complexity index is 437. The molecule has 0 bridgehead atoms. The first-order valence-electron chi connectivity index (χ1n) is 4.23. The van der Waals surface area contributed by atoms with E-state index < -0.39 is 0 Å². The molecule has 0 aliphatic heterocycles. The van der Waals surface area contributed by atoms with Crippen molar-refractivity contribution in [2.75, 3.05) is 7.05 Å². The Kier molecular flexibility index (Phi) is 5.17. The van der Waals surface area contributed by atoms with Gasteiger partial charge in [-0.25, -0.2) is 0 Å². The molecule has 0 saturated carbocycles. The molecular weight excluding hydrogens is 358 g/mol. The minimum atomic E-state index is 0.129. The normalized spacial score (nSPS) is 10.4. The van der Waals surface area contributed by atoms with E-state index in [4.69, 9.17) is 12.2 Å². The maximum atomic E-state index is 9.71. The van der Waals surface area contributed by atoms with Crippen LogP contribution in [0.1, 0.15) is 5.56 Å². The lowest BCUT2D eigenvalue weighted by Gasteiger charge is -2.03. The third-order valence-electron chi connectivity index (χ3n) is 1.65. The number of hydrogen-bond donors (Lipinski definition) is 3. The Hall–Kier alpha value is -0.660. The van der Waals surface area contributed by atoms with Crippen LogP contribution in [0.25, 0.3) is 0 Å². The van der Waals surface area contributed by atoms with Gasteiger partial charge in [0.2, 0.25) is 0 Å². The topological polar surface area (TPSA) is 56.7 Å². The molecule has 0 aliphatic carbocycles. The van der Waals surface area contributed by atoms with Crippen LogP contribution in [0.4, 0.5) is 0 Å². The summed E-state index contributed by atoms with van der Waals surface area (Å²) in [4.78, 5) is 0. The predicted octanol–water partition coefficient (Wildman–Crippen LogP) is 2.35. The fourth-order valence-electron chi connectivity index (χ4n) is 0.901. The molecule has 0 saturated heterocycles. The van der Waals surface area contributed by atoms with Gasteiger partial charge >= 0.3 is 0 Å². The molecule has 0 amide bonds. The van der Waals surface area contributed by atoms with Crippen LogP contribution < -0.4 is 10.7 Å². The zero-order valence-corrected chi connectivity index (χ0v) is 12.3. The van der Waals surface area contributed by atoms with Crippen LogP contribution in [0.5, 0.6) is 5.75 Å². The fraction of sp³-hybridized carbons (Fsp3) is 0.111. The van der Waals surface area contributed by atoms with Crippen LogP contribution in [0, 0.1) is 0 Å². The van der Waals surface area contributed by atoms with Gasteiger partial charge in [-0.15, -0.1) is 0 Å². The van der Waals surface area contributed by atoms with Gasteiger partial charge in [0.1, 0.15) is 5.75 Å².